The van der Waals surface area contributed by atoms with Gasteiger partial charge in [-0.15, -0.1) is 11.3 Å². The number of thiazole rings is 1. The molecule has 2 N–H and O–H groups in total. The smallest absolute Gasteiger partial charge is 0.124 e. The molecule has 3 aromatic rings. The molecule has 1 heterocycles. The number of hydrogen-bond donors (Lipinski definition) is 1. The summed E-state index contributed by atoms with van der Waals surface area (Å²) in [5.74, 6) is 0. The SMILES string of the molecule is Cc1ccc2nc(-c3cc(N)cc(Cl)c3)sc2c1. The maximum atomic E-state index is 6.02. The molecule has 0 spiro atoms. The van der Waals surface area contributed by atoms with Crippen molar-refractivity contribution in [3.63, 3.8) is 0 Å². The molecule has 0 unspecified atom stereocenters. The Bertz CT molecular complexity index is 713. The first-order chi connectivity index (χ1) is 8.61. The van der Waals surface area contributed by atoms with Crippen LogP contribution in [0.15, 0.2) is 36.4 Å². The van der Waals surface area contributed by atoms with Gasteiger partial charge in [-0.05, 0) is 42.8 Å². The average molecular weight is 275 g/mol. The molecule has 4 heteroatoms. The second-order valence-corrected chi connectivity index (χ2v) is 5.73. The van der Waals surface area contributed by atoms with Gasteiger partial charge in [0.15, 0.2) is 0 Å². The minimum Gasteiger partial charge on any atom is -0.399 e. The van der Waals surface area contributed by atoms with Gasteiger partial charge in [0.1, 0.15) is 5.01 Å². The Labute approximate surface area is 114 Å². The molecule has 3 rings (SSSR count). The van der Waals surface area contributed by atoms with Crippen molar-refractivity contribution in [2.45, 2.75) is 6.92 Å². The van der Waals surface area contributed by atoms with Gasteiger partial charge in [0.25, 0.3) is 0 Å². The van der Waals surface area contributed by atoms with E-state index in [0.29, 0.717) is 10.7 Å². The van der Waals surface area contributed by atoms with Crippen LogP contribution in [0.5, 0.6) is 0 Å². The number of anilines is 1. The molecule has 0 aliphatic heterocycles. The lowest BCUT2D eigenvalue weighted by molar-refractivity contribution is 1.45. The predicted molar refractivity (Wildman–Crippen MR) is 79.2 cm³/mol. The fraction of sp³-hybridized carbons (Fsp3) is 0.0714. The van der Waals surface area contributed by atoms with Crippen molar-refractivity contribution < 1.29 is 0 Å². The first kappa shape index (κ1) is 11.5. The summed E-state index contributed by atoms with van der Waals surface area (Å²) >= 11 is 7.68. The van der Waals surface area contributed by atoms with E-state index in [4.69, 9.17) is 17.3 Å². The molecule has 0 fully saturated rings. The summed E-state index contributed by atoms with van der Waals surface area (Å²) in [6.07, 6.45) is 0. The van der Waals surface area contributed by atoms with Gasteiger partial charge in [-0.3, -0.25) is 0 Å². The predicted octanol–water partition coefficient (Wildman–Crippen LogP) is 4.51. The molecule has 0 saturated carbocycles. The van der Waals surface area contributed by atoms with Crippen LogP contribution in [0, 0.1) is 6.92 Å². The highest BCUT2D eigenvalue weighted by Gasteiger charge is 2.07. The van der Waals surface area contributed by atoms with Crippen molar-refractivity contribution in [1.82, 2.24) is 4.98 Å². The van der Waals surface area contributed by atoms with Crippen LogP contribution in [-0.4, -0.2) is 4.98 Å². The molecule has 0 atom stereocenters. The average Bonchev–Trinajstić information content (AvgIpc) is 2.70. The highest BCUT2D eigenvalue weighted by Crippen LogP contribution is 2.33. The van der Waals surface area contributed by atoms with Gasteiger partial charge >= 0.3 is 0 Å². The Morgan fingerprint density at radius 3 is 2.78 bits per heavy atom. The first-order valence-corrected chi connectivity index (χ1v) is 6.75. The number of aryl methyl sites for hydroxylation is 1. The van der Waals surface area contributed by atoms with E-state index in [1.54, 1.807) is 17.4 Å². The van der Waals surface area contributed by atoms with E-state index < -0.39 is 0 Å². The van der Waals surface area contributed by atoms with E-state index in [2.05, 4.69) is 24.0 Å². The van der Waals surface area contributed by atoms with E-state index in [9.17, 15) is 0 Å². The molecule has 0 aliphatic rings. The van der Waals surface area contributed by atoms with Gasteiger partial charge in [0.05, 0.1) is 10.2 Å². The summed E-state index contributed by atoms with van der Waals surface area (Å²) in [6.45, 7) is 2.08. The zero-order valence-corrected chi connectivity index (χ0v) is 11.3. The van der Waals surface area contributed by atoms with Gasteiger partial charge in [0, 0.05) is 16.3 Å². The number of halogens is 1. The maximum absolute atomic E-state index is 6.02. The molecule has 0 aliphatic carbocycles. The van der Waals surface area contributed by atoms with Gasteiger partial charge < -0.3 is 5.73 Å². The number of nitrogens with zero attached hydrogens (tertiary/aromatic N) is 1. The van der Waals surface area contributed by atoms with Crippen LogP contribution >= 0.6 is 22.9 Å². The van der Waals surface area contributed by atoms with Crippen LogP contribution in [0.2, 0.25) is 5.02 Å². The Kier molecular flexibility index (Phi) is 2.73. The Morgan fingerprint density at radius 2 is 2.00 bits per heavy atom. The van der Waals surface area contributed by atoms with Crippen LogP contribution in [0.3, 0.4) is 0 Å². The minimum atomic E-state index is 0.639. The summed E-state index contributed by atoms with van der Waals surface area (Å²) in [6, 6.07) is 11.8. The van der Waals surface area contributed by atoms with E-state index in [1.807, 2.05) is 18.2 Å². The fourth-order valence-electron chi connectivity index (χ4n) is 1.89. The maximum Gasteiger partial charge on any atom is 0.124 e. The van der Waals surface area contributed by atoms with Crippen LogP contribution < -0.4 is 5.73 Å². The second-order valence-electron chi connectivity index (χ2n) is 4.26. The Morgan fingerprint density at radius 1 is 1.17 bits per heavy atom. The molecule has 1 aromatic heterocycles. The molecule has 0 amide bonds. The van der Waals surface area contributed by atoms with Crippen molar-refractivity contribution in [2.75, 3.05) is 5.73 Å². The zero-order chi connectivity index (χ0) is 12.7. The van der Waals surface area contributed by atoms with E-state index in [1.165, 1.54) is 10.3 Å². The van der Waals surface area contributed by atoms with E-state index >= 15 is 0 Å². The monoisotopic (exact) mass is 274 g/mol. The Balaban J connectivity index is 2.19. The van der Waals surface area contributed by atoms with Crippen molar-refractivity contribution in [3.05, 3.63) is 47.0 Å². The number of benzene rings is 2. The van der Waals surface area contributed by atoms with Gasteiger partial charge in [-0.25, -0.2) is 4.98 Å². The Hall–Kier alpha value is -1.58. The van der Waals surface area contributed by atoms with Gasteiger partial charge in [0.2, 0.25) is 0 Å². The van der Waals surface area contributed by atoms with Crippen LogP contribution in [0.1, 0.15) is 5.56 Å². The minimum absolute atomic E-state index is 0.639. The number of hydrogen-bond acceptors (Lipinski definition) is 3. The van der Waals surface area contributed by atoms with Crippen molar-refractivity contribution in [3.8, 4) is 10.6 Å². The molecular formula is C14H11ClN2S. The lowest BCUT2D eigenvalue weighted by Crippen LogP contribution is -1.85. The molecular weight excluding hydrogens is 264 g/mol. The van der Waals surface area contributed by atoms with Crippen LogP contribution in [0.25, 0.3) is 20.8 Å². The van der Waals surface area contributed by atoms with E-state index in [-0.39, 0.29) is 0 Å². The second kappa shape index (κ2) is 4.26. The molecule has 2 aromatic carbocycles. The topological polar surface area (TPSA) is 38.9 Å². The molecule has 0 bridgehead atoms. The highest BCUT2D eigenvalue weighted by atomic mass is 35.5. The van der Waals surface area contributed by atoms with Crippen LogP contribution in [0.4, 0.5) is 5.69 Å². The summed E-state index contributed by atoms with van der Waals surface area (Å²) in [7, 11) is 0. The number of fused-ring (bicyclic) bond motifs is 1. The summed E-state index contributed by atoms with van der Waals surface area (Å²) in [5, 5.41) is 1.59. The van der Waals surface area contributed by atoms with Gasteiger partial charge in [-0.2, -0.15) is 0 Å². The molecule has 0 radical (unpaired) electrons. The van der Waals surface area contributed by atoms with Crippen molar-refractivity contribution in [2.24, 2.45) is 0 Å². The normalized spacial score (nSPS) is 11.0. The lowest BCUT2D eigenvalue weighted by Gasteiger charge is -1.99. The highest BCUT2D eigenvalue weighted by molar-refractivity contribution is 7.21. The molecule has 0 saturated heterocycles. The quantitative estimate of drug-likeness (QED) is 0.663. The zero-order valence-electron chi connectivity index (χ0n) is 9.77. The van der Waals surface area contributed by atoms with Crippen molar-refractivity contribution in [1.29, 1.82) is 0 Å². The number of nitrogens with two attached hydrogens (primary N) is 1. The first-order valence-electron chi connectivity index (χ1n) is 5.55. The molecule has 90 valence electrons. The summed E-state index contributed by atoms with van der Waals surface area (Å²) in [5.41, 5.74) is 9.69. The standard InChI is InChI=1S/C14H11ClN2S/c1-8-2-3-12-13(4-8)18-14(17-12)9-5-10(15)7-11(16)6-9/h2-7H,16H2,1H3. The summed E-state index contributed by atoms with van der Waals surface area (Å²) in [4.78, 5) is 4.61. The lowest BCUT2D eigenvalue weighted by atomic mass is 10.2. The fourth-order valence-corrected chi connectivity index (χ4v) is 3.19. The third kappa shape index (κ3) is 2.07. The molecule has 18 heavy (non-hydrogen) atoms. The number of nitrogen functional groups attached to an aromatic ring is 1. The van der Waals surface area contributed by atoms with E-state index in [0.717, 1.165) is 16.1 Å². The third-order valence-electron chi connectivity index (χ3n) is 2.71. The van der Waals surface area contributed by atoms with Crippen molar-refractivity contribution >= 4 is 38.8 Å². The summed E-state index contributed by atoms with van der Waals surface area (Å²) < 4.78 is 1.18. The number of aromatic nitrogens is 1. The molecule has 2 nitrogen and oxygen atoms in total. The van der Waals surface area contributed by atoms with Gasteiger partial charge in [-0.1, -0.05) is 17.7 Å². The third-order valence-corrected chi connectivity index (χ3v) is 4.00. The largest absolute Gasteiger partial charge is 0.399 e. The number of rotatable bonds is 1. The van der Waals surface area contributed by atoms with Crippen LogP contribution in [-0.2, 0) is 0 Å².